The average molecular weight is 499 g/mol. The van der Waals surface area contributed by atoms with Crippen LogP contribution in [0.2, 0.25) is 0 Å². The van der Waals surface area contributed by atoms with Crippen molar-refractivity contribution in [3.8, 4) is 34.0 Å². The van der Waals surface area contributed by atoms with Crippen molar-refractivity contribution in [2.75, 3.05) is 6.61 Å². The molecule has 5 rings (SSSR count). The summed E-state index contributed by atoms with van der Waals surface area (Å²) in [5.41, 5.74) is 8.97. The van der Waals surface area contributed by atoms with Crippen molar-refractivity contribution in [2.45, 2.75) is 33.1 Å². The maximum Gasteiger partial charge on any atom is 0.119 e. The fraction of sp³-hybridized carbons (Fsp3) is 0.171. The largest absolute Gasteiger partial charge is 0.494 e. The first-order chi connectivity index (χ1) is 18.4. The third-order valence-corrected chi connectivity index (χ3v) is 6.64. The van der Waals surface area contributed by atoms with E-state index < -0.39 is 0 Å². The quantitative estimate of drug-likeness (QED) is 0.205. The van der Waals surface area contributed by atoms with Crippen LogP contribution >= 0.6 is 0 Å². The highest BCUT2D eigenvalue weighted by Crippen LogP contribution is 2.36. The number of aliphatic imine (C=N–C) groups is 1. The van der Waals surface area contributed by atoms with E-state index in [1.807, 2.05) is 25.3 Å². The minimum atomic E-state index is 0.113. The van der Waals surface area contributed by atoms with Gasteiger partial charge in [0.15, 0.2) is 0 Å². The van der Waals surface area contributed by atoms with Gasteiger partial charge in [-0.1, -0.05) is 93.6 Å². The highest BCUT2D eigenvalue weighted by Gasteiger charge is 2.19. The smallest absolute Gasteiger partial charge is 0.119 e. The molecular formula is C35H34N2O. The van der Waals surface area contributed by atoms with E-state index in [1.165, 1.54) is 5.56 Å². The zero-order valence-electron chi connectivity index (χ0n) is 22.6. The van der Waals surface area contributed by atoms with Gasteiger partial charge in [-0.05, 0) is 71.5 Å². The number of ether oxygens (including phenoxy) is 1. The molecule has 0 aliphatic rings. The molecule has 190 valence electrons. The zero-order valence-corrected chi connectivity index (χ0v) is 22.6. The fourth-order valence-electron chi connectivity index (χ4n) is 4.66. The van der Waals surface area contributed by atoms with Crippen LogP contribution in [-0.4, -0.2) is 17.4 Å². The topological polar surface area (TPSA) is 26.5 Å². The molecule has 0 aliphatic heterocycles. The van der Waals surface area contributed by atoms with Gasteiger partial charge in [0.25, 0.3) is 0 Å². The van der Waals surface area contributed by atoms with Crippen molar-refractivity contribution in [1.29, 1.82) is 0 Å². The molecule has 1 aromatic heterocycles. The molecule has 1 heterocycles. The van der Waals surface area contributed by atoms with E-state index in [4.69, 9.17) is 9.73 Å². The Kier molecular flexibility index (Phi) is 7.28. The molecule has 0 bridgehead atoms. The predicted octanol–water partition coefficient (Wildman–Crippen LogP) is 9.26. The van der Waals surface area contributed by atoms with E-state index in [1.54, 1.807) is 0 Å². The molecule has 3 nitrogen and oxygen atoms in total. The van der Waals surface area contributed by atoms with Crippen molar-refractivity contribution in [1.82, 2.24) is 4.57 Å². The Morgan fingerprint density at radius 3 is 1.92 bits per heavy atom. The van der Waals surface area contributed by atoms with Gasteiger partial charge in [0.05, 0.1) is 23.7 Å². The van der Waals surface area contributed by atoms with Gasteiger partial charge in [0, 0.05) is 17.5 Å². The van der Waals surface area contributed by atoms with Crippen LogP contribution in [0.4, 0.5) is 5.69 Å². The van der Waals surface area contributed by atoms with E-state index >= 15 is 0 Å². The number of hydrogen-bond acceptors (Lipinski definition) is 2. The van der Waals surface area contributed by atoms with Crippen molar-refractivity contribution < 1.29 is 4.74 Å². The summed E-state index contributed by atoms with van der Waals surface area (Å²) >= 11 is 0. The molecule has 4 aromatic carbocycles. The highest BCUT2D eigenvalue weighted by molar-refractivity contribution is 5.94. The predicted molar refractivity (Wildman–Crippen MR) is 160 cm³/mol. The molecule has 0 saturated carbocycles. The minimum Gasteiger partial charge on any atom is -0.494 e. The van der Waals surface area contributed by atoms with Crippen LogP contribution in [0, 0.1) is 0 Å². The van der Waals surface area contributed by atoms with Gasteiger partial charge in [-0.3, -0.25) is 4.99 Å². The monoisotopic (exact) mass is 498 g/mol. The van der Waals surface area contributed by atoms with E-state index in [0.717, 1.165) is 45.2 Å². The summed E-state index contributed by atoms with van der Waals surface area (Å²) in [4.78, 5) is 4.91. The zero-order chi connectivity index (χ0) is 26.5. The first kappa shape index (κ1) is 25.3. The van der Waals surface area contributed by atoms with E-state index in [-0.39, 0.29) is 5.41 Å². The van der Waals surface area contributed by atoms with Crippen LogP contribution in [0.5, 0.6) is 5.75 Å². The van der Waals surface area contributed by atoms with Crippen molar-refractivity contribution in [3.05, 3.63) is 126 Å². The summed E-state index contributed by atoms with van der Waals surface area (Å²) in [7, 11) is 0. The molecule has 0 unspecified atom stereocenters. The van der Waals surface area contributed by atoms with Gasteiger partial charge in [-0.2, -0.15) is 0 Å². The Bertz CT molecular complexity index is 1510. The third kappa shape index (κ3) is 5.47. The lowest BCUT2D eigenvalue weighted by atomic mass is 9.87. The second-order valence-corrected chi connectivity index (χ2v) is 10.4. The molecule has 0 fully saturated rings. The Morgan fingerprint density at radius 2 is 1.34 bits per heavy atom. The van der Waals surface area contributed by atoms with Gasteiger partial charge in [-0.25, -0.2) is 0 Å². The van der Waals surface area contributed by atoms with E-state index in [9.17, 15) is 0 Å². The maximum absolute atomic E-state index is 5.72. The molecule has 0 radical (unpaired) electrons. The van der Waals surface area contributed by atoms with E-state index in [0.29, 0.717) is 6.61 Å². The summed E-state index contributed by atoms with van der Waals surface area (Å²) in [6.07, 6.45) is 1.99. The maximum atomic E-state index is 5.72. The highest BCUT2D eigenvalue weighted by atomic mass is 16.5. The summed E-state index contributed by atoms with van der Waals surface area (Å²) in [5.74, 6) is 0.867. The molecule has 0 amide bonds. The van der Waals surface area contributed by atoms with Crippen LogP contribution in [0.25, 0.3) is 28.2 Å². The number of rotatable bonds is 7. The van der Waals surface area contributed by atoms with Crippen LogP contribution in [-0.2, 0) is 5.41 Å². The third-order valence-electron chi connectivity index (χ3n) is 6.64. The first-order valence-electron chi connectivity index (χ1n) is 13.2. The second-order valence-electron chi connectivity index (χ2n) is 10.4. The van der Waals surface area contributed by atoms with Crippen LogP contribution in [0.1, 0.15) is 38.8 Å². The standard InChI is InChI=1S/C35H34N2O/c1-5-38-32-22-20-31(21-23-32)37-33(26-12-8-6-9-13-26)24-28(34(37)27-14-10-7-11-15-27)25-36-30-18-16-29(17-19-30)35(2,3)4/h6-25H,5H2,1-4H3. The lowest BCUT2D eigenvalue weighted by Gasteiger charge is -2.18. The van der Waals surface area contributed by atoms with Crippen molar-refractivity contribution >= 4 is 11.9 Å². The Morgan fingerprint density at radius 1 is 0.737 bits per heavy atom. The molecule has 0 aliphatic carbocycles. The normalized spacial score (nSPS) is 11.7. The Balaban J connectivity index is 1.68. The lowest BCUT2D eigenvalue weighted by Crippen LogP contribution is -2.10. The van der Waals surface area contributed by atoms with E-state index in [2.05, 4.69) is 128 Å². The van der Waals surface area contributed by atoms with Gasteiger partial charge in [0.1, 0.15) is 5.75 Å². The summed E-state index contributed by atoms with van der Waals surface area (Å²) in [6.45, 7) is 9.33. The van der Waals surface area contributed by atoms with Gasteiger partial charge >= 0.3 is 0 Å². The number of nitrogens with zero attached hydrogens (tertiary/aromatic N) is 2. The van der Waals surface area contributed by atoms with Crippen LogP contribution < -0.4 is 4.74 Å². The number of aromatic nitrogens is 1. The molecule has 0 atom stereocenters. The number of benzene rings is 4. The molecule has 0 spiro atoms. The molecule has 0 N–H and O–H groups in total. The van der Waals surface area contributed by atoms with Crippen LogP contribution in [0.15, 0.2) is 120 Å². The molecule has 3 heteroatoms. The van der Waals surface area contributed by atoms with Gasteiger partial charge in [0.2, 0.25) is 0 Å². The number of hydrogen-bond donors (Lipinski definition) is 0. The molecule has 5 aromatic rings. The second kappa shape index (κ2) is 10.9. The average Bonchev–Trinajstić information content (AvgIpc) is 3.33. The summed E-state index contributed by atoms with van der Waals surface area (Å²) in [6, 6.07) is 40.1. The minimum absolute atomic E-state index is 0.113. The molecular weight excluding hydrogens is 464 g/mol. The SMILES string of the molecule is CCOc1ccc(-n2c(-c3ccccc3)cc(C=Nc3ccc(C(C)(C)C)cc3)c2-c2ccccc2)cc1. The summed E-state index contributed by atoms with van der Waals surface area (Å²) < 4.78 is 8.04. The van der Waals surface area contributed by atoms with Crippen molar-refractivity contribution in [3.63, 3.8) is 0 Å². The fourth-order valence-corrected chi connectivity index (χ4v) is 4.66. The Labute approximate surface area is 226 Å². The molecule has 38 heavy (non-hydrogen) atoms. The lowest BCUT2D eigenvalue weighted by molar-refractivity contribution is 0.340. The van der Waals surface area contributed by atoms with Crippen LogP contribution in [0.3, 0.4) is 0 Å². The van der Waals surface area contributed by atoms with Gasteiger partial charge in [-0.15, -0.1) is 0 Å². The van der Waals surface area contributed by atoms with Crippen molar-refractivity contribution in [2.24, 2.45) is 4.99 Å². The van der Waals surface area contributed by atoms with Gasteiger partial charge < -0.3 is 9.30 Å². The first-order valence-corrected chi connectivity index (χ1v) is 13.2. The molecule has 0 saturated heterocycles. The Hall–Kier alpha value is -4.37. The summed E-state index contributed by atoms with van der Waals surface area (Å²) in [5, 5.41) is 0.